The zero-order chi connectivity index (χ0) is 16.0. The summed E-state index contributed by atoms with van der Waals surface area (Å²) in [7, 11) is 1.43. The van der Waals surface area contributed by atoms with Gasteiger partial charge in [0.25, 0.3) is 0 Å². The van der Waals surface area contributed by atoms with Crippen LogP contribution in [0.1, 0.15) is 19.8 Å². The standard InChI is InChI=1S/C13H21N3O5/c1-8-5-11(19)16(13(8)21)7-9(12(20)14-2)6-10(18)15-3-4-17/h8-9,17H,3-7H2,1-2H3,(H,14,20)(H,15,18). The lowest BCUT2D eigenvalue weighted by atomic mass is 10.0. The van der Waals surface area contributed by atoms with Crippen LogP contribution in [0.3, 0.4) is 0 Å². The quantitative estimate of drug-likeness (QED) is 0.482. The minimum absolute atomic E-state index is 0.0951. The number of carbonyl (C=O) groups is 4. The molecule has 8 heteroatoms. The number of nitrogens with one attached hydrogen (secondary N) is 2. The Hall–Kier alpha value is -1.96. The average molecular weight is 299 g/mol. The van der Waals surface area contributed by atoms with Crippen molar-refractivity contribution in [3.8, 4) is 0 Å². The molecule has 1 aliphatic heterocycles. The van der Waals surface area contributed by atoms with Gasteiger partial charge in [-0.1, -0.05) is 6.92 Å². The molecule has 1 fully saturated rings. The molecule has 3 N–H and O–H groups in total. The number of hydrogen-bond acceptors (Lipinski definition) is 5. The molecule has 1 aliphatic rings. The lowest BCUT2D eigenvalue weighted by Gasteiger charge is -2.21. The van der Waals surface area contributed by atoms with Crippen LogP contribution in [0.4, 0.5) is 0 Å². The van der Waals surface area contributed by atoms with E-state index in [9.17, 15) is 19.2 Å². The van der Waals surface area contributed by atoms with Crippen molar-refractivity contribution in [1.82, 2.24) is 15.5 Å². The molecule has 118 valence electrons. The van der Waals surface area contributed by atoms with Gasteiger partial charge in [0.15, 0.2) is 0 Å². The Morgan fingerprint density at radius 1 is 1.43 bits per heavy atom. The van der Waals surface area contributed by atoms with E-state index in [0.29, 0.717) is 0 Å². The second-order valence-electron chi connectivity index (χ2n) is 5.04. The van der Waals surface area contributed by atoms with Gasteiger partial charge >= 0.3 is 0 Å². The summed E-state index contributed by atoms with van der Waals surface area (Å²) < 4.78 is 0. The second-order valence-corrected chi connectivity index (χ2v) is 5.04. The monoisotopic (exact) mass is 299 g/mol. The molecular weight excluding hydrogens is 278 g/mol. The molecule has 21 heavy (non-hydrogen) atoms. The first-order valence-corrected chi connectivity index (χ1v) is 6.84. The molecular formula is C13H21N3O5. The minimum Gasteiger partial charge on any atom is -0.395 e. The first-order valence-electron chi connectivity index (χ1n) is 6.84. The van der Waals surface area contributed by atoms with E-state index in [4.69, 9.17) is 5.11 Å². The number of rotatable bonds is 7. The molecule has 0 bridgehead atoms. The smallest absolute Gasteiger partial charge is 0.232 e. The molecule has 0 radical (unpaired) electrons. The third kappa shape index (κ3) is 4.52. The van der Waals surface area contributed by atoms with Crippen molar-refractivity contribution in [1.29, 1.82) is 0 Å². The van der Waals surface area contributed by atoms with Crippen LogP contribution in [0.15, 0.2) is 0 Å². The Balaban J connectivity index is 2.70. The number of likely N-dealkylation sites (tertiary alicyclic amines) is 1. The van der Waals surface area contributed by atoms with Crippen LogP contribution in [-0.4, -0.2) is 60.4 Å². The molecule has 2 unspecified atom stereocenters. The van der Waals surface area contributed by atoms with E-state index in [1.807, 2.05) is 0 Å². The van der Waals surface area contributed by atoms with Crippen molar-refractivity contribution in [3.63, 3.8) is 0 Å². The van der Waals surface area contributed by atoms with Gasteiger partial charge in [-0.15, -0.1) is 0 Å². The fraction of sp³-hybridized carbons (Fsp3) is 0.692. The number of hydrogen-bond donors (Lipinski definition) is 3. The Labute approximate surface area is 122 Å². The third-order valence-corrected chi connectivity index (χ3v) is 3.36. The van der Waals surface area contributed by atoms with Gasteiger partial charge in [-0.25, -0.2) is 0 Å². The molecule has 1 rings (SSSR count). The van der Waals surface area contributed by atoms with Crippen LogP contribution >= 0.6 is 0 Å². The molecule has 0 aromatic carbocycles. The van der Waals surface area contributed by atoms with E-state index in [2.05, 4.69) is 10.6 Å². The number of aliphatic hydroxyl groups is 1. The molecule has 8 nitrogen and oxygen atoms in total. The molecule has 2 atom stereocenters. The number of carbonyl (C=O) groups excluding carboxylic acids is 4. The van der Waals surface area contributed by atoms with Crippen molar-refractivity contribution in [2.24, 2.45) is 11.8 Å². The summed E-state index contributed by atoms with van der Waals surface area (Å²) in [6, 6.07) is 0. The van der Waals surface area contributed by atoms with E-state index >= 15 is 0 Å². The third-order valence-electron chi connectivity index (χ3n) is 3.36. The van der Waals surface area contributed by atoms with Crippen molar-refractivity contribution in [3.05, 3.63) is 0 Å². The minimum atomic E-state index is -0.799. The van der Waals surface area contributed by atoms with E-state index in [0.717, 1.165) is 4.90 Å². The van der Waals surface area contributed by atoms with Gasteiger partial charge in [0.1, 0.15) is 0 Å². The highest BCUT2D eigenvalue weighted by Gasteiger charge is 2.38. The maximum Gasteiger partial charge on any atom is 0.232 e. The van der Waals surface area contributed by atoms with Crippen LogP contribution in [0, 0.1) is 11.8 Å². The summed E-state index contributed by atoms with van der Waals surface area (Å²) in [6.07, 6.45) is -0.0128. The molecule has 0 aliphatic carbocycles. The topological polar surface area (TPSA) is 116 Å². The van der Waals surface area contributed by atoms with Crippen LogP contribution < -0.4 is 10.6 Å². The summed E-state index contributed by atoms with van der Waals surface area (Å²) >= 11 is 0. The van der Waals surface area contributed by atoms with Crippen LogP contribution in [0.5, 0.6) is 0 Å². The van der Waals surface area contributed by atoms with E-state index in [1.54, 1.807) is 6.92 Å². The average Bonchev–Trinajstić information content (AvgIpc) is 2.69. The van der Waals surface area contributed by atoms with E-state index < -0.39 is 17.7 Å². The van der Waals surface area contributed by atoms with Crippen molar-refractivity contribution in [2.45, 2.75) is 19.8 Å². The lowest BCUT2D eigenvalue weighted by Crippen LogP contribution is -2.43. The van der Waals surface area contributed by atoms with Crippen LogP contribution in [0.2, 0.25) is 0 Å². The number of imide groups is 1. The van der Waals surface area contributed by atoms with Crippen molar-refractivity contribution < 1.29 is 24.3 Å². The highest BCUT2D eigenvalue weighted by atomic mass is 16.3. The highest BCUT2D eigenvalue weighted by Crippen LogP contribution is 2.21. The first-order chi connectivity index (χ1) is 9.90. The van der Waals surface area contributed by atoms with Crippen LogP contribution in [0.25, 0.3) is 0 Å². The largest absolute Gasteiger partial charge is 0.395 e. The molecule has 0 saturated carbocycles. The zero-order valence-electron chi connectivity index (χ0n) is 12.2. The molecule has 1 heterocycles. The number of aliphatic hydroxyl groups excluding tert-OH is 1. The van der Waals surface area contributed by atoms with E-state index in [1.165, 1.54) is 7.05 Å². The SMILES string of the molecule is CNC(=O)C(CC(=O)NCCO)CN1C(=O)CC(C)C1=O. The molecule has 0 aromatic heterocycles. The number of nitrogens with zero attached hydrogens (tertiary/aromatic N) is 1. The molecule has 1 saturated heterocycles. The van der Waals surface area contributed by atoms with Crippen molar-refractivity contribution in [2.75, 3.05) is 26.7 Å². The summed E-state index contributed by atoms with van der Waals surface area (Å²) in [4.78, 5) is 48.1. The Bertz CT molecular complexity index is 438. The van der Waals surface area contributed by atoms with Gasteiger partial charge in [-0.2, -0.15) is 0 Å². The zero-order valence-corrected chi connectivity index (χ0v) is 12.2. The molecule has 0 spiro atoms. The van der Waals surface area contributed by atoms with Crippen LogP contribution in [-0.2, 0) is 19.2 Å². The maximum absolute atomic E-state index is 11.9. The summed E-state index contributed by atoms with van der Waals surface area (Å²) in [5.41, 5.74) is 0. The van der Waals surface area contributed by atoms with Gasteiger partial charge in [-0.05, 0) is 0 Å². The molecule has 0 aromatic rings. The Kier molecular flexibility index (Phi) is 6.29. The molecule has 4 amide bonds. The van der Waals surface area contributed by atoms with Gasteiger partial charge in [0.2, 0.25) is 23.6 Å². The number of amides is 4. The maximum atomic E-state index is 11.9. The fourth-order valence-electron chi connectivity index (χ4n) is 2.20. The van der Waals surface area contributed by atoms with Gasteiger partial charge in [0, 0.05) is 38.9 Å². The predicted octanol–water partition coefficient (Wildman–Crippen LogP) is -1.76. The van der Waals surface area contributed by atoms with E-state index in [-0.39, 0.29) is 50.3 Å². The van der Waals surface area contributed by atoms with Gasteiger partial charge in [-0.3, -0.25) is 24.1 Å². The second kappa shape index (κ2) is 7.72. The first kappa shape index (κ1) is 17.1. The van der Waals surface area contributed by atoms with Crippen molar-refractivity contribution >= 4 is 23.6 Å². The normalized spacial score (nSPS) is 19.6. The highest BCUT2D eigenvalue weighted by molar-refractivity contribution is 6.03. The summed E-state index contributed by atoms with van der Waals surface area (Å²) in [5.74, 6) is -2.64. The van der Waals surface area contributed by atoms with Gasteiger partial charge in [0.05, 0.1) is 12.5 Å². The Morgan fingerprint density at radius 2 is 2.10 bits per heavy atom. The lowest BCUT2D eigenvalue weighted by molar-refractivity contribution is -0.142. The predicted molar refractivity (Wildman–Crippen MR) is 72.8 cm³/mol. The van der Waals surface area contributed by atoms with Gasteiger partial charge < -0.3 is 15.7 Å². The summed E-state index contributed by atoms with van der Waals surface area (Å²) in [6.45, 7) is 1.45. The fourth-order valence-corrected chi connectivity index (χ4v) is 2.20. The Morgan fingerprint density at radius 3 is 2.57 bits per heavy atom. The summed E-state index contributed by atoms with van der Waals surface area (Å²) in [5, 5.41) is 13.5.